The van der Waals surface area contributed by atoms with Crippen LogP contribution in [0.5, 0.6) is 0 Å². The molecule has 0 bridgehead atoms. The third-order valence-corrected chi connectivity index (χ3v) is 3.76. The Kier molecular flexibility index (Phi) is 4.66. The number of rotatable bonds is 5. The van der Waals surface area contributed by atoms with Crippen LogP contribution in [-0.4, -0.2) is 35.6 Å². The number of halogens is 1. The normalized spacial score (nSPS) is 22.3. The highest BCUT2D eigenvalue weighted by Crippen LogP contribution is 2.17. The van der Waals surface area contributed by atoms with E-state index in [9.17, 15) is 4.39 Å². The summed E-state index contributed by atoms with van der Waals surface area (Å²) in [6.45, 7) is 7.60. The first kappa shape index (κ1) is 13.4. The highest BCUT2D eigenvalue weighted by molar-refractivity contribution is 5.09. The molecule has 18 heavy (non-hydrogen) atoms. The Balaban J connectivity index is 1.84. The molecule has 3 nitrogen and oxygen atoms in total. The third kappa shape index (κ3) is 3.27. The predicted molar refractivity (Wildman–Crippen MR) is 70.9 cm³/mol. The lowest BCUT2D eigenvalue weighted by Crippen LogP contribution is -2.38. The first-order valence-corrected chi connectivity index (χ1v) is 6.79. The number of likely N-dealkylation sites (N-methyl/N-ethyl adjacent to an activating group) is 1. The Labute approximate surface area is 108 Å². The van der Waals surface area contributed by atoms with Crippen molar-refractivity contribution in [3.63, 3.8) is 0 Å². The molecule has 0 spiro atoms. The Morgan fingerprint density at radius 2 is 2.39 bits per heavy atom. The molecule has 1 aromatic rings. The topological polar surface area (TPSA) is 28.2 Å². The number of hydrogen-bond donors (Lipinski definition) is 1. The molecule has 1 saturated heterocycles. The molecule has 2 rings (SSSR count). The zero-order chi connectivity index (χ0) is 13.0. The Bertz CT molecular complexity index is 366. The van der Waals surface area contributed by atoms with Crippen LogP contribution in [0.4, 0.5) is 4.39 Å². The molecule has 1 fully saturated rings. The molecule has 4 heteroatoms. The van der Waals surface area contributed by atoms with Crippen LogP contribution in [0.3, 0.4) is 0 Å². The molecule has 1 N–H and O–H groups in total. The molecule has 0 amide bonds. The summed E-state index contributed by atoms with van der Waals surface area (Å²) in [7, 11) is 0. The Hall–Kier alpha value is -1.00. The largest absolute Gasteiger partial charge is 0.307 e. The van der Waals surface area contributed by atoms with Crippen molar-refractivity contribution in [1.82, 2.24) is 15.2 Å². The van der Waals surface area contributed by atoms with E-state index in [1.54, 1.807) is 6.07 Å². The van der Waals surface area contributed by atoms with Crippen molar-refractivity contribution in [3.05, 3.63) is 29.8 Å². The monoisotopic (exact) mass is 251 g/mol. The lowest BCUT2D eigenvalue weighted by molar-refractivity contribution is 0.255. The van der Waals surface area contributed by atoms with Gasteiger partial charge in [-0.05, 0) is 45.0 Å². The maximum atomic E-state index is 12.8. The van der Waals surface area contributed by atoms with Gasteiger partial charge in [0.05, 0.1) is 11.9 Å². The van der Waals surface area contributed by atoms with E-state index in [1.807, 2.05) is 0 Å². The number of hydrogen-bond acceptors (Lipinski definition) is 3. The minimum Gasteiger partial charge on any atom is -0.307 e. The van der Waals surface area contributed by atoms with E-state index in [4.69, 9.17) is 0 Å². The van der Waals surface area contributed by atoms with Crippen molar-refractivity contribution in [3.8, 4) is 0 Å². The second kappa shape index (κ2) is 6.25. The molecule has 0 radical (unpaired) electrons. The molecule has 0 saturated carbocycles. The van der Waals surface area contributed by atoms with E-state index in [0.29, 0.717) is 6.04 Å². The summed E-state index contributed by atoms with van der Waals surface area (Å²) in [4.78, 5) is 6.62. The van der Waals surface area contributed by atoms with Gasteiger partial charge in [0.15, 0.2) is 0 Å². The Morgan fingerprint density at radius 3 is 3.06 bits per heavy atom. The smallest absolute Gasteiger partial charge is 0.141 e. The van der Waals surface area contributed by atoms with Crippen molar-refractivity contribution in [2.45, 2.75) is 38.8 Å². The highest BCUT2D eigenvalue weighted by atomic mass is 19.1. The van der Waals surface area contributed by atoms with E-state index in [0.717, 1.165) is 18.8 Å². The fourth-order valence-electron chi connectivity index (χ4n) is 2.60. The molecule has 1 aromatic heterocycles. The first-order chi connectivity index (χ1) is 8.70. The second-order valence-corrected chi connectivity index (χ2v) is 4.96. The second-order valence-electron chi connectivity index (χ2n) is 4.96. The maximum Gasteiger partial charge on any atom is 0.141 e. The molecule has 1 aliphatic rings. The van der Waals surface area contributed by atoms with Crippen molar-refractivity contribution in [1.29, 1.82) is 0 Å². The fourth-order valence-corrected chi connectivity index (χ4v) is 2.60. The van der Waals surface area contributed by atoms with Crippen molar-refractivity contribution >= 4 is 0 Å². The summed E-state index contributed by atoms with van der Waals surface area (Å²) < 4.78 is 12.8. The average molecular weight is 251 g/mol. The molecule has 2 heterocycles. The zero-order valence-corrected chi connectivity index (χ0v) is 11.2. The lowest BCUT2D eigenvalue weighted by Gasteiger charge is -2.24. The summed E-state index contributed by atoms with van der Waals surface area (Å²) in [6, 6.07) is 4.02. The maximum absolute atomic E-state index is 12.8. The molecular weight excluding hydrogens is 229 g/mol. The number of nitrogens with one attached hydrogen (secondary N) is 1. The SMILES string of the molecule is CCN1CCCC1CNC(C)c1ccc(F)cn1. The minimum atomic E-state index is -0.279. The number of pyridine rings is 1. The van der Waals surface area contributed by atoms with Gasteiger partial charge in [0.2, 0.25) is 0 Å². The molecule has 0 aliphatic carbocycles. The van der Waals surface area contributed by atoms with Gasteiger partial charge in [0.25, 0.3) is 0 Å². The van der Waals surface area contributed by atoms with Gasteiger partial charge in [-0.15, -0.1) is 0 Å². The van der Waals surface area contributed by atoms with Gasteiger partial charge in [0.1, 0.15) is 5.82 Å². The van der Waals surface area contributed by atoms with Gasteiger partial charge in [-0.2, -0.15) is 0 Å². The van der Waals surface area contributed by atoms with Crippen LogP contribution in [0.1, 0.15) is 38.4 Å². The van der Waals surface area contributed by atoms with Crippen molar-refractivity contribution in [2.75, 3.05) is 19.6 Å². The van der Waals surface area contributed by atoms with Crippen LogP contribution < -0.4 is 5.32 Å². The van der Waals surface area contributed by atoms with E-state index in [2.05, 4.69) is 29.0 Å². The van der Waals surface area contributed by atoms with Crippen LogP contribution in [-0.2, 0) is 0 Å². The highest BCUT2D eigenvalue weighted by Gasteiger charge is 2.23. The molecule has 2 atom stereocenters. The van der Waals surface area contributed by atoms with Gasteiger partial charge in [-0.1, -0.05) is 6.92 Å². The van der Waals surface area contributed by atoms with Gasteiger partial charge >= 0.3 is 0 Å². The summed E-state index contributed by atoms with van der Waals surface area (Å²) in [6.07, 6.45) is 3.84. The summed E-state index contributed by atoms with van der Waals surface area (Å²) >= 11 is 0. The fraction of sp³-hybridized carbons (Fsp3) is 0.643. The number of nitrogens with zero attached hydrogens (tertiary/aromatic N) is 2. The molecule has 2 unspecified atom stereocenters. The van der Waals surface area contributed by atoms with Crippen LogP contribution in [0, 0.1) is 5.82 Å². The van der Waals surface area contributed by atoms with E-state index in [-0.39, 0.29) is 11.9 Å². The van der Waals surface area contributed by atoms with Crippen LogP contribution in [0.2, 0.25) is 0 Å². The van der Waals surface area contributed by atoms with Gasteiger partial charge < -0.3 is 5.32 Å². The number of likely N-dealkylation sites (tertiary alicyclic amines) is 1. The van der Waals surface area contributed by atoms with Gasteiger partial charge in [-0.3, -0.25) is 9.88 Å². The van der Waals surface area contributed by atoms with Gasteiger partial charge in [0, 0.05) is 18.6 Å². The van der Waals surface area contributed by atoms with Crippen LogP contribution in [0.15, 0.2) is 18.3 Å². The Morgan fingerprint density at radius 1 is 1.56 bits per heavy atom. The van der Waals surface area contributed by atoms with Gasteiger partial charge in [-0.25, -0.2) is 4.39 Å². The quantitative estimate of drug-likeness (QED) is 0.870. The average Bonchev–Trinajstić information content (AvgIpc) is 2.84. The third-order valence-electron chi connectivity index (χ3n) is 3.76. The number of aromatic nitrogens is 1. The van der Waals surface area contributed by atoms with E-state index < -0.39 is 0 Å². The van der Waals surface area contributed by atoms with E-state index in [1.165, 1.54) is 31.6 Å². The van der Waals surface area contributed by atoms with E-state index >= 15 is 0 Å². The first-order valence-electron chi connectivity index (χ1n) is 6.79. The summed E-state index contributed by atoms with van der Waals surface area (Å²) in [5, 5.41) is 3.50. The summed E-state index contributed by atoms with van der Waals surface area (Å²) in [5.41, 5.74) is 0.900. The molecule has 0 aromatic carbocycles. The van der Waals surface area contributed by atoms with Crippen LogP contribution in [0.25, 0.3) is 0 Å². The standard InChI is InChI=1S/C14H22FN3/c1-3-18-8-4-5-13(18)10-16-11(2)14-7-6-12(15)9-17-14/h6-7,9,11,13,16H,3-5,8,10H2,1-2H3. The summed E-state index contributed by atoms with van der Waals surface area (Å²) in [5.74, 6) is -0.279. The predicted octanol–water partition coefficient (Wildman–Crippen LogP) is 2.36. The molecule has 1 aliphatic heterocycles. The molecular formula is C14H22FN3. The zero-order valence-electron chi connectivity index (χ0n) is 11.2. The van der Waals surface area contributed by atoms with Crippen LogP contribution >= 0.6 is 0 Å². The minimum absolute atomic E-state index is 0.171. The van der Waals surface area contributed by atoms with Crippen molar-refractivity contribution < 1.29 is 4.39 Å². The molecule has 100 valence electrons. The van der Waals surface area contributed by atoms with Crippen molar-refractivity contribution in [2.24, 2.45) is 0 Å². The lowest BCUT2D eigenvalue weighted by atomic mass is 10.1.